The Labute approximate surface area is 786 Å². The van der Waals surface area contributed by atoms with Gasteiger partial charge in [0.2, 0.25) is 16.2 Å². The predicted molar refractivity (Wildman–Crippen MR) is 462 cm³/mol. The predicted octanol–water partition coefficient (Wildman–Crippen LogP) is 19.9. The molecule has 726 valence electrons. The van der Waals surface area contributed by atoms with Crippen LogP contribution in [0.4, 0.5) is 107 Å². The van der Waals surface area contributed by atoms with Crippen LogP contribution in [0.15, 0.2) is 188 Å². The van der Waals surface area contributed by atoms with Crippen LogP contribution >= 0.6 is 0 Å². The summed E-state index contributed by atoms with van der Waals surface area (Å²) < 4.78 is 298. The van der Waals surface area contributed by atoms with E-state index in [0.29, 0.717) is 57.8 Å². The lowest BCUT2D eigenvalue weighted by molar-refractivity contribution is -0.290. The first-order chi connectivity index (χ1) is 66.3. The Kier molecular flexibility index (Phi) is 22.7. The molecular formula is C100H62F18N6O18. The molecule has 142 heavy (non-hydrogen) atoms. The molecule has 6 aliphatic rings. The molecule has 0 spiro atoms. The Morgan fingerprint density at radius 2 is 0.521 bits per heavy atom. The molecule has 11 aromatic rings. The molecule has 0 saturated heterocycles. The number of carbonyl (C=O) groups is 14. The zero-order chi connectivity index (χ0) is 103. The van der Waals surface area contributed by atoms with E-state index in [4.69, 9.17) is 9.47 Å². The maximum absolute atomic E-state index is 16.3. The molecule has 0 fully saturated rings. The average Bonchev–Trinajstić information content (AvgIpc) is 1.43. The third-order valence-electron chi connectivity index (χ3n) is 25.8. The van der Waals surface area contributed by atoms with E-state index in [-0.39, 0.29) is 151 Å². The summed E-state index contributed by atoms with van der Waals surface area (Å²) in [6.45, 7) is 8.16. The van der Waals surface area contributed by atoms with Gasteiger partial charge in [0.1, 0.15) is 11.5 Å². The Balaban J connectivity index is 0.613. The lowest BCUT2D eigenvalue weighted by Crippen LogP contribution is -2.55. The number of halogens is 18. The Bertz CT molecular complexity index is 7540. The summed E-state index contributed by atoms with van der Waals surface area (Å²) in [4.78, 5) is 197. The number of hydrogen-bond donors (Lipinski definition) is 2. The summed E-state index contributed by atoms with van der Waals surface area (Å²) in [5, 5.41) is 22.9. The summed E-state index contributed by atoms with van der Waals surface area (Å²) in [6.07, 6.45) is -38.4. The van der Waals surface area contributed by atoms with Crippen LogP contribution in [0.1, 0.15) is 225 Å². The van der Waals surface area contributed by atoms with Crippen molar-refractivity contribution in [2.24, 2.45) is 0 Å². The van der Waals surface area contributed by atoms with Gasteiger partial charge in [-0.25, -0.2) is 34.1 Å². The quantitative estimate of drug-likeness (QED) is 0.0329. The number of aryl methyl sites for hydroxylation is 5. The van der Waals surface area contributed by atoms with E-state index in [2.05, 4.69) is 0 Å². The minimum Gasteiger partial charge on any atom is -0.506 e. The fourth-order valence-electron chi connectivity index (χ4n) is 19.4. The summed E-state index contributed by atoms with van der Waals surface area (Å²) in [6, 6.07) is 19.9. The molecular weight excluding hydrogens is 1920 g/mol. The van der Waals surface area contributed by atoms with Gasteiger partial charge in [-0.3, -0.25) is 62.4 Å². The number of benzene rings is 11. The number of aromatic hydroxyl groups is 2. The number of phenolic OH excluding ortho intramolecular Hbond substituents is 2. The zero-order valence-electron chi connectivity index (χ0n) is 73.6. The minimum absolute atomic E-state index is 0.0440. The standard InChI is InChI=1S/C100H62F18N6O18/c1-43-28-44(2)30-51(29-43)90(139)141-26-8-9-27-142-91(140)52-31-45(3)32-59(34-52)120-80(129)61-19-13-54(38-67(61)85(120)134)93(97(107,108)109,98(110,111)112)57-16-22-64-70(41-57)88(137)123(83(64)132)76-46(4)33-47(5)77(48(76)6)124-84(133)65-23-17-58(42-71(65)89(124)138)94(99(113,114)115,100(116,117)118)56-15-21-63-69(40-56)87(136)122(82(63)131)73-25-11-50(36-75(73)126)49-10-24-72(74(125)35-49)121-81(130)62-20-14-55(39-68(62)86(121)135)92(95(101,102)103,96(104,105)106)53-12-18-60-66(37-53)79(128)119(7)78(60)127/h10-25,28-42,125-126H,8-9,26-27H2,1-7H3. The highest BCUT2D eigenvalue weighted by molar-refractivity contribution is 6.39. The van der Waals surface area contributed by atoms with E-state index in [1.54, 1.807) is 26.0 Å². The number of carbonyl (C=O) groups excluding carboxylic acids is 14. The molecule has 17 rings (SSSR count). The number of esters is 2. The molecule has 0 saturated carbocycles. The molecule has 6 heterocycles. The molecule has 0 unspecified atom stereocenters. The van der Waals surface area contributed by atoms with Gasteiger partial charge >= 0.3 is 49.0 Å². The SMILES string of the molecule is Cc1cc(C)cc(C(=O)OCCCCOC(=O)c2cc(C)cc(N3C(=O)c4ccc(C(c5ccc6c(c5)C(=O)N(c5c(C)cc(C)c(N7C(=O)c8ccc(C(c9ccc%10c(c9)C(=O)N(c9ccc(-c%11ccc(N%12C(=O)c%13ccc(C(c%14ccc%15c(c%14)C(=O)N(C)C%15=O)(C(F)(F)F)C(F)(F)F)cc%13C%12=O)c(O)c%11)cc9O)C%10=O)(C(F)(F)F)C(F)(F)F)cc8C7=O)c5C)C6=O)(C(F)(F)F)C(F)(F)F)cc4C3=O)c2)c1. The largest absolute Gasteiger partial charge is 0.506 e. The van der Waals surface area contributed by atoms with Gasteiger partial charge in [0.05, 0.1) is 120 Å². The van der Waals surface area contributed by atoms with E-state index in [1.807, 2.05) is 6.07 Å². The van der Waals surface area contributed by atoms with Crippen molar-refractivity contribution < 1.29 is 166 Å². The van der Waals surface area contributed by atoms with E-state index in [0.717, 1.165) is 73.6 Å². The smallest absolute Gasteiger partial charge is 0.411 e. The first-order valence-corrected chi connectivity index (χ1v) is 42.1. The van der Waals surface area contributed by atoms with Gasteiger partial charge in [0.15, 0.2) is 0 Å². The monoisotopic (exact) mass is 1980 g/mol. The number of rotatable bonds is 19. The average molecular weight is 1980 g/mol. The first kappa shape index (κ1) is 97.2. The number of phenols is 2. The lowest BCUT2D eigenvalue weighted by Gasteiger charge is -2.38. The summed E-state index contributed by atoms with van der Waals surface area (Å²) >= 11 is 0. The van der Waals surface area contributed by atoms with Crippen molar-refractivity contribution in [3.63, 3.8) is 0 Å². The van der Waals surface area contributed by atoms with Gasteiger partial charge in [-0.2, -0.15) is 79.0 Å². The number of nitrogens with zero attached hydrogens (tertiary/aromatic N) is 6. The highest BCUT2D eigenvalue weighted by atomic mass is 19.4. The Morgan fingerprint density at radius 3 is 0.824 bits per heavy atom. The van der Waals surface area contributed by atoms with E-state index in [1.165, 1.54) is 32.9 Å². The number of fused-ring (bicyclic) bond motifs is 6. The van der Waals surface area contributed by atoms with Crippen LogP contribution in [0, 0.1) is 41.5 Å². The molecule has 2 N–H and O–H groups in total. The molecule has 12 amide bonds. The maximum Gasteiger partial charge on any atom is 0.411 e. The van der Waals surface area contributed by atoms with Gasteiger partial charge in [0.25, 0.3) is 70.9 Å². The number of imide groups is 6. The number of ether oxygens (including phenoxy) is 2. The first-order valence-electron chi connectivity index (χ1n) is 42.1. The van der Waals surface area contributed by atoms with Crippen molar-refractivity contribution >= 4 is 111 Å². The van der Waals surface area contributed by atoms with Crippen LogP contribution < -0.4 is 24.5 Å². The van der Waals surface area contributed by atoms with Crippen molar-refractivity contribution in [2.45, 2.75) is 108 Å². The molecule has 0 aromatic heterocycles. The van der Waals surface area contributed by atoms with Crippen LogP contribution in [0.2, 0.25) is 0 Å². The van der Waals surface area contributed by atoms with E-state index < -0.39 is 276 Å². The third-order valence-corrected chi connectivity index (χ3v) is 25.8. The summed E-state index contributed by atoms with van der Waals surface area (Å²) in [7, 11) is 0.929. The molecule has 0 atom stereocenters. The van der Waals surface area contributed by atoms with Crippen LogP contribution in [-0.2, 0) is 25.7 Å². The Morgan fingerprint density at radius 1 is 0.275 bits per heavy atom. The second-order valence-electron chi connectivity index (χ2n) is 34.3. The summed E-state index contributed by atoms with van der Waals surface area (Å²) in [5.74, 6) is -21.0. The van der Waals surface area contributed by atoms with Crippen molar-refractivity contribution in [2.75, 3.05) is 44.8 Å². The molecule has 42 heteroatoms. The Hall–Kier alpha value is -16.5. The van der Waals surface area contributed by atoms with Crippen molar-refractivity contribution in [3.05, 3.63) is 333 Å². The fourth-order valence-corrected chi connectivity index (χ4v) is 19.4. The molecule has 0 bridgehead atoms. The number of alkyl halides is 18. The molecule has 0 radical (unpaired) electrons. The van der Waals surface area contributed by atoms with Crippen molar-refractivity contribution in [1.29, 1.82) is 0 Å². The number of anilines is 5. The summed E-state index contributed by atoms with van der Waals surface area (Å²) in [5.41, 5.74) is -39.5. The number of hydrogen-bond acceptors (Lipinski definition) is 18. The topological polar surface area (TPSA) is 317 Å². The molecule has 24 nitrogen and oxygen atoms in total. The molecule has 11 aromatic carbocycles. The van der Waals surface area contributed by atoms with Gasteiger partial charge < -0.3 is 19.7 Å². The van der Waals surface area contributed by atoms with Gasteiger partial charge in [-0.15, -0.1) is 0 Å². The van der Waals surface area contributed by atoms with Crippen LogP contribution in [0.5, 0.6) is 11.5 Å². The van der Waals surface area contributed by atoms with Crippen LogP contribution in [-0.4, -0.2) is 155 Å². The van der Waals surface area contributed by atoms with E-state index in [9.17, 15) is 77.3 Å². The highest BCUT2D eigenvalue weighted by Gasteiger charge is 2.76. The second kappa shape index (κ2) is 33.1. The maximum atomic E-state index is 16.3. The van der Waals surface area contributed by atoms with Gasteiger partial charge in [0, 0.05) is 7.05 Å². The zero-order valence-corrected chi connectivity index (χ0v) is 73.6. The number of unbranched alkanes of at least 4 members (excludes halogenated alkanes) is 1. The van der Waals surface area contributed by atoms with Crippen LogP contribution in [0.3, 0.4) is 0 Å². The highest BCUT2D eigenvalue weighted by Crippen LogP contribution is 2.62. The third kappa shape index (κ3) is 14.4. The molecule has 0 aliphatic carbocycles. The van der Waals surface area contributed by atoms with Gasteiger partial charge in [-0.1, -0.05) is 71.8 Å². The normalized spacial score (nSPS) is 15.2. The van der Waals surface area contributed by atoms with Crippen molar-refractivity contribution in [1.82, 2.24) is 4.90 Å². The minimum atomic E-state index is -6.59. The fraction of sp³-hybridized carbons (Fsp3) is 0.200. The van der Waals surface area contributed by atoms with E-state index >= 15 is 79.0 Å². The second-order valence-corrected chi connectivity index (χ2v) is 34.3. The lowest BCUT2D eigenvalue weighted by atomic mass is 9.71. The van der Waals surface area contributed by atoms with Crippen LogP contribution in [0.25, 0.3) is 11.1 Å². The van der Waals surface area contributed by atoms with Crippen molar-refractivity contribution in [3.8, 4) is 22.6 Å². The molecule has 6 aliphatic heterocycles. The number of amides is 12. The van der Waals surface area contributed by atoms with Gasteiger partial charge in [-0.05, 0) is 249 Å².